The molecule has 0 aliphatic rings. The minimum atomic E-state index is -0.0249. The molecule has 1 unspecified atom stereocenters. The molecule has 4 rings (SSSR count). The van der Waals surface area contributed by atoms with Gasteiger partial charge in [-0.1, -0.05) is 41.9 Å². The van der Waals surface area contributed by atoms with Gasteiger partial charge in [0.05, 0.1) is 24.4 Å². The molecular weight excluding hydrogens is 376 g/mol. The third kappa shape index (κ3) is 3.87. The van der Waals surface area contributed by atoms with Crippen LogP contribution in [0.3, 0.4) is 0 Å². The first-order valence-corrected chi connectivity index (χ1v) is 9.76. The summed E-state index contributed by atoms with van der Waals surface area (Å²) in [7, 11) is 1.67. The number of benzene rings is 2. The van der Waals surface area contributed by atoms with E-state index in [-0.39, 0.29) is 5.92 Å². The molecule has 3 nitrogen and oxygen atoms in total. The van der Waals surface area contributed by atoms with Crippen LogP contribution in [-0.2, 0) is 0 Å². The number of rotatable bonds is 5. The van der Waals surface area contributed by atoms with Crippen LogP contribution in [0, 0.1) is 0 Å². The van der Waals surface area contributed by atoms with Gasteiger partial charge in [0.1, 0.15) is 10.8 Å². The fraction of sp³-hybridized carbons (Fsp3) is 0.0909. The van der Waals surface area contributed by atoms with Crippen LogP contribution in [0.25, 0.3) is 11.3 Å². The summed E-state index contributed by atoms with van der Waals surface area (Å²) in [6, 6.07) is 21.8. The second kappa shape index (κ2) is 7.91. The summed E-state index contributed by atoms with van der Waals surface area (Å²) in [5, 5.41) is 3.81. The fourth-order valence-electron chi connectivity index (χ4n) is 2.96. The molecule has 4 aromatic rings. The predicted molar refractivity (Wildman–Crippen MR) is 111 cm³/mol. The number of pyridine rings is 1. The summed E-state index contributed by atoms with van der Waals surface area (Å²) in [5.74, 6) is 0.808. The third-order valence-electron chi connectivity index (χ3n) is 4.34. The molecule has 0 radical (unpaired) electrons. The Morgan fingerprint density at radius 2 is 1.74 bits per heavy atom. The zero-order valence-electron chi connectivity index (χ0n) is 14.7. The van der Waals surface area contributed by atoms with Crippen molar-refractivity contribution < 1.29 is 4.74 Å². The predicted octanol–water partition coefficient (Wildman–Crippen LogP) is 6.05. The number of nitrogens with zero attached hydrogens (tertiary/aromatic N) is 2. The van der Waals surface area contributed by atoms with Gasteiger partial charge >= 0.3 is 0 Å². The van der Waals surface area contributed by atoms with Gasteiger partial charge in [0.15, 0.2) is 0 Å². The highest BCUT2D eigenvalue weighted by molar-refractivity contribution is 7.10. The average molecular weight is 393 g/mol. The zero-order valence-corrected chi connectivity index (χ0v) is 16.2. The molecule has 134 valence electrons. The molecular formula is C22H17ClN2OS. The maximum Gasteiger partial charge on any atom is 0.118 e. The minimum absolute atomic E-state index is 0.0249. The van der Waals surface area contributed by atoms with Gasteiger partial charge < -0.3 is 4.74 Å². The van der Waals surface area contributed by atoms with Crippen molar-refractivity contribution in [2.45, 2.75) is 5.92 Å². The summed E-state index contributed by atoms with van der Waals surface area (Å²) in [6.07, 6.45) is 1.82. The Labute approximate surface area is 167 Å². The second-order valence-corrected chi connectivity index (χ2v) is 7.36. The van der Waals surface area contributed by atoms with Gasteiger partial charge in [0.2, 0.25) is 0 Å². The van der Waals surface area contributed by atoms with Gasteiger partial charge in [0, 0.05) is 22.2 Å². The van der Waals surface area contributed by atoms with Crippen LogP contribution in [-0.4, -0.2) is 17.1 Å². The van der Waals surface area contributed by atoms with Crippen molar-refractivity contribution >= 4 is 22.9 Å². The van der Waals surface area contributed by atoms with Crippen LogP contribution in [0.4, 0.5) is 0 Å². The van der Waals surface area contributed by atoms with E-state index in [1.165, 1.54) is 0 Å². The molecule has 0 aliphatic heterocycles. The van der Waals surface area contributed by atoms with E-state index in [1.807, 2.05) is 60.8 Å². The zero-order chi connectivity index (χ0) is 18.6. The molecule has 1 atom stereocenters. The highest BCUT2D eigenvalue weighted by Gasteiger charge is 2.22. The lowest BCUT2D eigenvalue weighted by molar-refractivity contribution is 0.414. The summed E-state index contributed by atoms with van der Waals surface area (Å²) in [5.41, 5.74) is 4.10. The second-order valence-electron chi connectivity index (χ2n) is 6.04. The van der Waals surface area contributed by atoms with E-state index in [2.05, 4.69) is 22.5 Å². The van der Waals surface area contributed by atoms with E-state index < -0.39 is 0 Å². The van der Waals surface area contributed by atoms with Crippen LogP contribution in [0.2, 0.25) is 5.02 Å². The maximum absolute atomic E-state index is 6.00. The van der Waals surface area contributed by atoms with Crippen molar-refractivity contribution in [2.75, 3.05) is 7.11 Å². The summed E-state index contributed by atoms with van der Waals surface area (Å²) < 4.78 is 5.29. The van der Waals surface area contributed by atoms with Crippen LogP contribution >= 0.6 is 22.9 Å². The number of ether oxygens (including phenoxy) is 1. The Morgan fingerprint density at radius 3 is 2.41 bits per heavy atom. The number of methoxy groups -OCH3 is 1. The Bertz CT molecular complexity index is 1010. The summed E-state index contributed by atoms with van der Waals surface area (Å²) in [6.45, 7) is 0. The topological polar surface area (TPSA) is 35.0 Å². The van der Waals surface area contributed by atoms with Gasteiger partial charge in [0.25, 0.3) is 0 Å². The molecule has 2 aromatic carbocycles. The normalized spacial score (nSPS) is 11.9. The number of thiazole rings is 1. The smallest absolute Gasteiger partial charge is 0.118 e. The molecule has 0 amide bonds. The largest absolute Gasteiger partial charge is 0.497 e. The lowest BCUT2D eigenvalue weighted by Crippen LogP contribution is -2.05. The molecule has 0 N–H and O–H groups in total. The molecule has 0 saturated carbocycles. The highest BCUT2D eigenvalue weighted by Crippen LogP contribution is 2.35. The van der Waals surface area contributed by atoms with E-state index in [0.717, 1.165) is 38.3 Å². The van der Waals surface area contributed by atoms with E-state index in [4.69, 9.17) is 21.3 Å². The van der Waals surface area contributed by atoms with E-state index >= 15 is 0 Å². The van der Waals surface area contributed by atoms with Gasteiger partial charge in [-0.05, 0) is 42.0 Å². The fourth-order valence-corrected chi connectivity index (χ4v) is 4.05. The number of hydrogen-bond donors (Lipinski definition) is 0. The minimum Gasteiger partial charge on any atom is -0.497 e. The van der Waals surface area contributed by atoms with Crippen LogP contribution in [0.5, 0.6) is 5.75 Å². The van der Waals surface area contributed by atoms with Crippen LogP contribution in [0.15, 0.2) is 78.3 Å². The average Bonchev–Trinajstić information content (AvgIpc) is 3.20. The van der Waals surface area contributed by atoms with E-state index in [9.17, 15) is 0 Å². The molecule has 0 aliphatic carbocycles. The number of aromatic nitrogens is 2. The number of halogens is 1. The van der Waals surface area contributed by atoms with Gasteiger partial charge in [-0.15, -0.1) is 11.3 Å². The van der Waals surface area contributed by atoms with Crippen molar-refractivity contribution in [2.24, 2.45) is 0 Å². The van der Waals surface area contributed by atoms with Gasteiger partial charge in [-0.3, -0.25) is 4.98 Å². The molecule has 0 fully saturated rings. The lowest BCUT2D eigenvalue weighted by Gasteiger charge is -2.15. The van der Waals surface area contributed by atoms with Gasteiger partial charge in [-0.25, -0.2) is 4.98 Å². The molecule has 0 spiro atoms. The number of hydrogen-bond acceptors (Lipinski definition) is 4. The molecule has 27 heavy (non-hydrogen) atoms. The first-order chi connectivity index (χ1) is 13.2. The Hall–Kier alpha value is -2.69. The Kier molecular flexibility index (Phi) is 5.19. The quantitative estimate of drug-likeness (QED) is 0.414. The highest BCUT2D eigenvalue weighted by atomic mass is 35.5. The van der Waals surface area contributed by atoms with Crippen molar-refractivity contribution in [3.05, 3.63) is 99.6 Å². The third-order valence-corrected chi connectivity index (χ3v) is 5.50. The van der Waals surface area contributed by atoms with Gasteiger partial charge in [-0.2, -0.15) is 0 Å². The van der Waals surface area contributed by atoms with Crippen LogP contribution in [0.1, 0.15) is 22.2 Å². The van der Waals surface area contributed by atoms with Crippen molar-refractivity contribution in [1.82, 2.24) is 9.97 Å². The SMILES string of the molecule is COc1ccc(C(c2ccccn2)c2nc(-c3ccc(Cl)cc3)cs2)cc1. The molecule has 0 saturated heterocycles. The molecule has 2 heterocycles. The Morgan fingerprint density at radius 1 is 0.963 bits per heavy atom. The van der Waals surface area contributed by atoms with Crippen molar-refractivity contribution in [1.29, 1.82) is 0 Å². The lowest BCUT2D eigenvalue weighted by atomic mass is 9.95. The van der Waals surface area contributed by atoms with Crippen LogP contribution < -0.4 is 4.74 Å². The first-order valence-electron chi connectivity index (χ1n) is 8.51. The van der Waals surface area contributed by atoms with Crippen molar-refractivity contribution in [3.8, 4) is 17.0 Å². The summed E-state index contributed by atoms with van der Waals surface area (Å²) >= 11 is 7.64. The van der Waals surface area contributed by atoms with E-state index in [1.54, 1.807) is 18.4 Å². The molecule has 0 bridgehead atoms. The maximum atomic E-state index is 6.00. The van der Waals surface area contributed by atoms with Crippen molar-refractivity contribution in [3.63, 3.8) is 0 Å². The Balaban J connectivity index is 1.76. The monoisotopic (exact) mass is 392 g/mol. The molecule has 2 aromatic heterocycles. The standard InChI is InChI=1S/C22H17ClN2OS/c1-26-18-11-7-16(8-12-18)21(19-4-2-3-13-24-19)22-25-20(14-27-22)15-5-9-17(23)10-6-15/h2-14,21H,1H3. The molecule has 5 heteroatoms. The van der Waals surface area contributed by atoms with E-state index in [0.29, 0.717) is 0 Å². The first kappa shape index (κ1) is 17.7. The summed E-state index contributed by atoms with van der Waals surface area (Å²) in [4.78, 5) is 9.50.